The SMILES string of the molecule is CCN(CC)CC1CNCCC1O. The van der Waals surface area contributed by atoms with Crippen molar-refractivity contribution in [1.82, 2.24) is 10.2 Å². The van der Waals surface area contributed by atoms with Crippen LogP contribution in [0, 0.1) is 5.92 Å². The third-order valence-electron chi connectivity index (χ3n) is 2.95. The number of aliphatic hydroxyl groups is 1. The van der Waals surface area contributed by atoms with Crippen molar-refractivity contribution < 1.29 is 5.11 Å². The monoisotopic (exact) mass is 186 g/mol. The number of nitrogens with zero attached hydrogens (tertiary/aromatic N) is 1. The van der Waals surface area contributed by atoms with Crippen LogP contribution in [0.4, 0.5) is 0 Å². The molecule has 0 radical (unpaired) electrons. The first-order valence-corrected chi connectivity index (χ1v) is 5.39. The molecule has 0 aromatic rings. The minimum Gasteiger partial charge on any atom is -0.393 e. The fraction of sp³-hybridized carbons (Fsp3) is 1.00. The Morgan fingerprint density at radius 1 is 1.38 bits per heavy atom. The highest BCUT2D eigenvalue weighted by Crippen LogP contribution is 2.12. The molecule has 1 saturated heterocycles. The Morgan fingerprint density at radius 2 is 2.08 bits per heavy atom. The molecule has 1 rings (SSSR count). The summed E-state index contributed by atoms with van der Waals surface area (Å²) in [5.41, 5.74) is 0. The highest BCUT2D eigenvalue weighted by atomic mass is 16.3. The summed E-state index contributed by atoms with van der Waals surface area (Å²) < 4.78 is 0. The first-order chi connectivity index (χ1) is 6.27. The summed E-state index contributed by atoms with van der Waals surface area (Å²) >= 11 is 0. The van der Waals surface area contributed by atoms with Crippen molar-refractivity contribution in [2.75, 3.05) is 32.7 Å². The molecule has 78 valence electrons. The van der Waals surface area contributed by atoms with Crippen molar-refractivity contribution in [3.8, 4) is 0 Å². The third kappa shape index (κ3) is 3.25. The Balaban J connectivity index is 2.32. The van der Waals surface area contributed by atoms with Crippen LogP contribution in [0.2, 0.25) is 0 Å². The molecule has 1 aliphatic heterocycles. The maximum absolute atomic E-state index is 9.74. The molecule has 13 heavy (non-hydrogen) atoms. The molecule has 1 fully saturated rings. The second-order valence-electron chi connectivity index (χ2n) is 3.81. The lowest BCUT2D eigenvalue weighted by Crippen LogP contribution is -2.45. The van der Waals surface area contributed by atoms with Gasteiger partial charge in [0.1, 0.15) is 0 Å². The Kier molecular flexibility index (Phi) is 4.70. The van der Waals surface area contributed by atoms with Gasteiger partial charge in [0.05, 0.1) is 6.10 Å². The van der Waals surface area contributed by atoms with Gasteiger partial charge in [-0.05, 0) is 26.1 Å². The van der Waals surface area contributed by atoms with Gasteiger partial charge in [-0.1, -0.05) is 13.8 Å². The minimum absolute atomic E-state index is 0.0955. The van der Waals surface area contributed by atoms with E-state index in [1.165, 1.54) is 0 Å². The number of hydrogen-bond donors (Lipinski definition) is 2. The van der Waals surface area contributed by atoms with Crippen molar-refractivity contribution in [3.63, 3.8) is 0 Å². The molecular formula is C10H22N2O. The fourth-order valence-electron chi connectivity index (χ4n) is 1.91. The average molecular weight is 186 g/mol. The zero-order valence-corrected chi connectivity index (χ0v) is 8.79. The largest absolute Gasteiger partial charge is 0.393 e. The number of rotatable bonds is 4. The lowest BCUT2D eigenvalue weighted by molar-refractivity contribution is 0.0573. The van der Waals surface area contributed by atoms with E-state index in [1.807, 2.05) is 0 Å². The summed E-state index contributed by atoms with van der Waals surface area (Å²) in [6.45, 7) is 9.48. The van der Waals surface area contributed by atoms with Crippen LogP contribution in [-0.2, 0) is 0 Å². The Labute approximate surface area is 81.1 Å². The van der Waals surface area contributed by atoms with E-state index in [4.69, 9.17) is 0 Å². The second kappa shape index (κ2) is 5.58. The number of nitrogens with one attached hydrogen (secondary N) is 1. The molecule has 1 heterocycles. The lowest BCUT2D eigenvalue weighted by Gasteiger charge is -2.32. The molecule has 2 atom stereocenters. The Hall–Kier alpha value is -0.120. The highest BCUT2D eigenvalue weighted by Gasteiger charge is 2.23. The molecule has 0 aliphatic carbocycles. The van der Waals surface area contributed by atoms with Gasteiger partial charge in [-0.2, -0.15) is 0 Å². The molecule has 1 aliphatic rings. The molecule has 3 nitrogen and oxygen atoms in total. The third-order valence-corrected chi connectivity index (χ3v) is 2.95. The summed E-state index contributed by atoms with van der Waals surface area (Å²) in [6.07, 6.45) is 0.813. The van der Waals surface area contributed by atoms with Gasteiger partial charge in [0, 0.05) is 19.0 Å². The summed E-state index contributed by atoms with van der Waals surface area (Å²) in [4.78, 5) is 2.38. The van der Waals surface area contributed by atoms with Gasteiger partial charge >= 0.3 is 0 Å². The summed E-state index contributed by atoms with van der Waals surface area (Å²) in [5.74, 6) is 0.425. The molecule has 0 bridgehead atoms. The second-order valence-corrected chi connectivity index (χ2v) is 3.81. The fourth-order valence-corrected chi connectivity index (χ4v) is 1.91. The normalized spacial score (nSPS) is 29.5. The van der Waals surface area contributed by atoms with Gasteiger partial charge < -0.3 is 15.3 Å². The quantitative estimate of drug-likeness (QED) is 0.663. The lowest BCUT2D eigenvalue weighted by atomic mass is 9.95. The highest BCUT2D eigenvalue weighted by molar-refractivity contribution is 4.79. The van der Waals surface area contributed by atoms with E-state index < -0.39 is 0 Å². The minimum atomic E-state index is -0.0955. The summed E-state index contributed by atoms with van der Waals surface area (Å²) in [6, 6.07) is 0. The average Bonchev–Trinajstić information content (AvgIpc) is 2.17. The van der Waals surface area contributed by atoms with E-state index in [0.717, 1.165) is 39.1 Å². The summed E-state index contributed by atoms with van der Waals surface area (Å²) in [5, 5.41) is 13.1. The molecule has 0 aromatic carbocycles. The van der Waals surface area contributed by atoms with Crippen molar-refractivity contribution in [1.29, 1.82) is 0 Å². The molecule has 0 aromatic heterocycles. The maximum atomic E-state index is 9.74. The predicted molar refractivity (Wildman–Crippen MR) is 54.8 cm³/mol. The zero-order chi connectivity index (χ0) is 9.68. The van der Waals surface area contributed by atoms with Crippen molar-refractivity contribution in [2.24, 2.45) is 5.92 Å². The molecular weight excluding hydrogens is 164 g/mol. The number of aliphatic hydroxyl groups excluding tert-OH is 1. The van der Waals surface area contributed by atoms with Crippen LogP contribution in [0.3, 0.4) is 0 Å². The smallest absolute Gasteiger partial charge is 0.0604 e. The van der Waals surface area contributed by atoms with Crippen LogP contribution < -0.4 is 5.32 Å². The molecule has 0 spiro atoms. The number of piperidine rings is 1. The van der Waals surface area contributed by atoms with E-state index in [9.17, 15) is 5.11 Å². The van der Waals surface area contributed by atoms with E-state index in [2.05, 4.69) is 24.1 Å². The predicted octanol–water partition coefficient (Wildman–Crippen LogP) is 0.299. The van der Waals surface area contributed by atoms with Gasteiger partial charge in [-0.25, -0.2) is 0 Å². The van der Waals surface area contributed by atoms with Crippen LogP contribution in [0.15, 0.2) is 0 Å². The molecule has 3 heteroatoms. The van der Waals surface area contributed by atoms with Crippen LogP contribution in [-0.4, -0.2) is 48.8 Å². The molecule has 2 N–H and O–H groups in total. The van der Waals surface area contributed by atoms with Crippen LogP contribution >= 0.6 is 0 Å². The summed E-state index contributed by atoms with van der Waals surface area (Å²) in [7, 11) is 0. The maximum Gasteiger partial charge on any atom is 0.0604 e. The molecule has 0 saturated carbocycles. The van der Waals surface area contributed by atoms with E-state index in [0.29, 0.717) is 5.92 Å². The van der Waals surface area contributed by atoms with Gasteiger partial charge in [-0.15, -0.1) is 0 Å². The number of hydrogen-bond acceptors (Lipinski definition) is 3. The van der Waals surface area contributed by atoms with Crippen molar-refractivity contribution in [3.05, 3.63) is 0 Å². The zero-order valence-electron chi connectivity index (χ0n) is 8.79. The Bertz CT molecular complexity index is 137. The van der Waals surface area contributed by atoms with E-state index in [-0.39, 0.29) is 6.10 Å². The van der Waals surface area contributed by atoms with Crippen LogP contribution in [0.5, 0.6) is 0 Å². The van der Waals surface area contributed by atoms with Crippen molar-refractivity contribution >= 4 is 0 Å². The van der Waals surface area contributed by atoms with Crippen molar-refractivity contribution in [2.45, 2.75) is 26.4 Å². The van der Waals surface area contributed by atoms with Gasteiger partial charge in [0.25, 0.3) is 0 Å². The first-order valence-electron chi connectivity index (χ1n) is 5.39. The van der Waals surface area contributed by atoms with E-state index >= 15 is 0 Å². The topological polar surface area (TPSA) is 35.5 Å². The first kappa shape index (κ1) is 11.0. The molecule has 0 amide bonds. The van der Waals surface area contributed by atoms with Crippen LogP contribution in [0.1, 0.15) is 20.3 Å². The van der Waals surface area contributed by atoms with Gasteiger partial charge in [-0.3, -0.25) is 0 Å². The Morgan fingerprint density at radius 3 is 2.62 bits per heavy atom. The van der Waals surface area contributed by atoms with Gasteiger partial charge in [0.15, 0.2) is 0 Å². The van der Waals surface area contributed by atoms with Gasteiger partial charge in [0.2, 0.25) is 0 Å². The standard InChI is InChI=1S/C10H22N2O/c1-3-12(4-2)8-9-7-11-6-5-10(9)13/h9-11,13H,3-8H2,1-2H3. The van der Waals surface area contributed by atoms with Crippen LogP contribution in [0.25, 0.3) is 0 Å². The van der Waals surface area contributed by atoms with E-state index in [1.54, 1.807) is 0 Å². The molecule has 2 unspecified atom stereocenters.